The Morgan fingerprint density at radius 1 is 1.28 bits per heavy atom. The number of anilines is 1. The van der Waals surface area contributed by atoms with E-state index in [0.29, 0.717) is 30.5 Å². The predicted molar refractivity (Wildman–Crippen MR) is 118 cm³/mol. The molecule has 1 aliphatic rings. The molecule has 3 rings (SSSR count). The quantitative estimate of drug-likeness (QED) is 0.476. The molecule has 6 nitrogen and oxygen atoms in total. The van der Waals surface area contributed by atoms with Crippen LogP contribution in [0.15, 0.2) is 53.5 Å². The number of aliphatic imine (C=N–C) groups is 1. The van der Waals surface area contributed by atoms with Gasteiger partial charge in [-0.05, 0) is 43.7 Å². The van der Waals surface area contributed by atoms with E-state index in [-0.39, 0.29) is 17.9 Å². The fraction of sp³-hybridized carbons (Fsp3) is 0.364. The molecule has 0 radical (unpaired) electrons. The molecule has 0 saturated heterocycles. The van der Waals surface area contributed by atoms with E-state index < -0.39 is 0 Å². The molecule has 1 heterocycles. The SMILES string of the molecule is CCNC(=NCC(C)Oc1cccc(Cl)c1)NCC1CC(=O)Nc2ccccc21. The molecule has 7 heteroatoms. The predicted octanol–water partition coefficient (Wildman–Crippen LogP) is 3.79. The van der Waals surface area contributed by atoms with E-state index in [1.807, 2.05) is 50.2 Å². The number of nitrogens with one attached hydrogen (secondary N) is 3. The Hall–Kier alpha value is -2.73. The number of carbonyl (C=O) groups is 1. The van der Waals surface area contributed by atoms with Gasteiger partial charge in [0.2, 0.25) is 5.91 Å². The van der Waals surface area contributed by atoms with Gasteiger partial charge in [0.1, 0.15) is 11.9 Å². The number of benzene rings is 2. The number of halogens is 1. The van der Waals surface area contributed by atoms with Crippen molar-refractivity contribution >= 4 is 29.2 Å². The summed E-state index contributed by atoms with van der Waals surface area (Å²) in [6.45, 7) is 5.85. The molecule has 29 heavy (non-hydrogen) atoms. The van der Waals surface area contributed by atoms with Crippen LogP contribution in [0.5, 0.6) is 5.75 Å². The number of rotatable bonds is 7. The number of hydrogen-bond acceptors (Lipinski definition) is 3. The maximum atomic E-state index is 12.0. The van der Waals surface area contributed by atoms with Gasteiger partial charge in [-0.2, -0.15) is 0 Å². The topological polar surface area (TPSA) is 74.8 Å². The Balaban J connectivity index is 1.59. The van der Waals surface area contributed by atoms with Gasteiger partial charge in [-0.1, -0.05) is 35.9 Å². The summed E-state index contributed by atoms with van der Waals surface area (Å²) in [6, 6.07) is 15.3. The molecule has 2 aromatic rings. The first kappa shape index (κ1) is 21.0. The molecule has 0 aliphatic carbocycles. The molecule has 3 N–H and O–H groups in total. The number of carbonyl (C=O) groups excluding carboxylic acids is 1. The second-order valence-corrected chi connectivity index (χ2v) is 7.46. The summed E-state index contributed by atoms with van der Waals surface area (Å²) in [5.74, 6) is 1.57. The van der Waals surface area contributed by atoms with Crippen molar-refractivity contribution in [2.75, 3.05) is 25.0 Å². The first-order valence-electron chi connectivity index (χ1n) is 9.88. The molecule has 0 saturated carbocycles. The molecule has 0 spiro atoms. The second kappa shape index (κ2) is 10.2. The molecule has 1 aliphatic heterocycles. The number of hydrogen-bond donors (Lipinski definition) is 3. The van der Waals surface area contributed by atoms with Crippen molar-refractivity contribution in [2.24, 2.45) is 4.99 Å². The molecule has 2 atom stereocenters. The number of amides is 1. The van der Waals surface area contributed by atoms with Gasteiger partial charge in [-0.3, -0.25) is 4.79 Å². The molecule has 0 fully saturated rings. The van der Waals surface area contributed by atoms with Gasteiger partial charge >= 0.3 is 0 Å². The molecule has 0 aromatic heterocycles. The third-order valence-corrected chi connectivity index (χ3v) is 4.84. The van der Waals surface area contributed by atoms with E-state index in [2.05, 4.69) is 27.0 Å². The molecule has 2 unspecified atom stereocenters. The van der Waals surface area contributed by atoms with Crippen molar-refractivity contribution < 1.29 is 9.53 Å². The van der Waals surface area contributed by atoms with Crippen LogP contribution in [0.4, 0.5) is 5.69 Å². The van der Waals surface area contributed by atoms with E-state index in [0.717, 1.165) is 23.5 Å². The Labute approximate surface area is 176 Å². The van der Waals surface area contributed by atoms with Crippen LogP contribution in [0.2, 0.25) is 5.02 Å². The van der Waals surface area contributed by atoms with Crippen molar-refractivity contribution in [3.8, 4) is 5.75 Å². The molecule has 1 amide bonds. The highest BCUT2D eigenvalue weighted by atomic mass is 35.5. The maximum absolute atomic E-state index is 12.0. The van der Waals surface area contributed by atoms with Crippen LogP contribution in [-0.2, 0) is 4.79 Å². The number of nitrogens with zero attached hydrogens (tertiary/aromatic N) is 1. The van der Waals surface area contributed by atoms with Crippen molar-refractivity contribution in [1.29, 1.82) is 0 Å². The van der Waals surface area contributed by atoms with Crippen LogP contribution in [0.3, 0.4) is 0 Å². The van der Waals surface area contributed by atoms with Gasteiger partial charge in [-0.15, -0.1) is 0 Å². The maximum Gasteiger partial charge on any atom is 0.225 e. The highest BCUT2D eigenvalue weighted by Crippen LogP contribution is 2.31. The molecule has 154 valence electrons. The zero-order valence-corrected chi connectivity index (χ0v) is 17.5. The lowest BCUT2D eigenvalue weighted by Gasteiger charge is -2.26. The van der Waals surface area contributed by atoms with Crippen molar-refractivity contribution in [2.45, 2.75) is 32.3 Å². The van der Waals surface area contributed by atoms with E-state index in [1.54, 1.807) is 6.07 Å². The van der Waals surface area contributed by atoms with Crippen LogP contribution < -0.4 is 20.7 Å². The average Bonchev–Trinajstić information content (AvgIpc) is 2.69. The van der Waals surface area contributed by atoms with Gasteiger partial charge in [0.05, 0.1) is 6.54 Å². The van der Waals surface area contributed by atoms with Crippen molar-refractivity contribution in [3.05, 3.63) is 59.1 Å². The highest BCUT2D eigenvalue weighted by Gasteiger charge is 2.24. The first-order chi connectivity index (χ1) is 14.0. The number of para-hydroxylation sites is 1. The van der Waals surface area contributed by atoms with Crippen LogP contribution in [-0.4, -0.2) is 37.6 Å². The minimum absolute atomic E-state index is 0.0426. The Kier molecular flexibility index (Phi) is 7.36. The zero-order valence-electron chi connectivity index (χ0n) is 16.7. The minimum atomic E-state index is -0.106. The van der Waals surface area contributed by atoms with E-state index in [9.17, 15) is 4.79 Å². The summed E-state index contributed by atoms with van der Waals surface area (Å²) in [5, 5.41) is 10.2. The second-order valence-electron chi connectivity index (χ2n) is 7.02. The van der Waals surface area contributed by atoms with Crippen LogP contribution in [0, 0.1) is 0 Å². The summed E-state index contributed by atoms with van der Waals surface area (Å²) in [4.78, 5) is 16.6. The lowest BCUT2D eigenvalue weighted by atomic mass is 9.90. The van der Waals surface area contributed by atoms with Crippen molar-refractivity contribution in [1.82, 2.24) is 10.6 Å². The summed E-state index contributed by atoms with van der Waals surface area (Å²) >= 11 is 6.00. The number of fused-ring (bicyclic) bond motifs is 1. The summed E-state index contributed by atoms with van der Waals surface area (Å²) in [6.07, 6.45) is 0.350. The zero-order chi connectivity index (χ0) is 20.6. The first-order valence-corrected chi connectivity index (χ1v) is 10.3. The van der Waals surface area contributed by atoms with E-state index in [4.69, 9.17) is 16.3 Å². The lowest BCUT2D eigenvalue weighted by molar-refractivity contribution is -0.116. The van der Waals surface area contributed by atoms with Crippen LogP contribution in [0.1, 0.15) is 31.7 Å². The fourth-order valence-electron chi connectivity index (χ4n) is 3.28. The third-order valence-electron chi connectivity index (χ3n) is 4.61. The molecule has 2 aromatic carbocycles. The van der Waals surface area contributed by atoms with E-state index >= 15 is 0 Å². The Morgan fingerprint density at radius 2 is 2.10 bits per heavy atom. The van der Waals surface area contributed by atoms with Gasteiger partial charge in [0, 0.05) is 36.1 Å². The number of ether oxygens (including phenoxy) is 1. The highest BCUT2D eigenvalue weighted by molar-refractivity contribution is 6.30. The monoisotopic (exact) mass is 414 g/mol. The van der Waals surface area contributed by atoms with Gasteiger partial charge < -0.3 is 20.7 Å². The largest absolute Gasteiger partial charge is 0.489 e. The fourth-order valence-corrected chi connectivity index (χ4v) is 3.46. The standard InChI is InChI=1S/C22H27ClN4O2/c1-3-24-22(25-13-15(2)29-18-8-6-7-17(23)12-18)26-14-16-11-21(28)27-20-10-5-4-9-19(16)20/h4-10,12,15-16H,3,11,13-14H2,1-2H3,(H,27,28)(H2,24,25,26). The third kappa shape index (κ3) is 6.12. The normalized spacial score (nSPS) is 17.1. The van der Waals surface area contributed by atoms with E-state index in [1.165, 1.54) is 0 Å². The van der Waals surface area contributed by atoms with Gasteiger partial charge in [0.25, 0.3) is 0 Å². The van der Waals surface area contributed by atoms with Crippen LogP contribution in [0.25, 0.3) is 0 Å². The van der Waals surface area contributed by atoms with Gasteiger partial charge in [0.15, 0.2) is 5.96 Å². The minimum Gasteiger partial charge on any atom is -0.489 e. The van der Waals surface area contributed by atoms with Gasteiger partial charge in [-0.25, -0.2) is 4.99 Å². The smallest absolute Gasteiger partial charge is 0.225 e. The summed E-state index contributed by atoms with van der Waals surface area (Å²) < 4.78 is 5.88. The summed E-state index contributed by atoms with van der Waals surface area (Å²) in [7, 11) is 0. The molecular formula is C22H27ClN4O2. The number of guanidine groups is 1. The van der Waals surface area contributed by atoms with Crippen LogP contribution >= 0.6 is 11.6 Å². The Bertz CT molecular complexity index is 871. The van der Waals surface area contributed by atoms with Crippen molar-refractivity contribution in [3.63, 3.8) is 0 Å². The molecular weight excluding hydrogens is 388 g/mol. The lowest BCUT2D eigenvalue weighted by Crippen LogP contribution is -2.41. The molecule has 0 bridgehead atoms. The summed E-state index contributed by atoms with van der Waals surface area (Å²) in [5.41, 5.74) is 2.04. The Morgan fingerprint density at radius 3 is 2.90 bits per heavy atom. The average molecular weight is 415 g/mol.